The monoisotopic (exact) mass is 953 g/mol. The number of unbranched alkanes of at least 4 members (excludes halogenated alkanes) is 15. The van der Waals surface area contributed by atoms with Crippen LogP contribution in [0, 0.1) is 0 Å². The Morgan fingerprint density at radius 1 is 0.304 bits per heavy atom. The molecule has 0 fully saturated rings. The Kier molecular flexibility index (Phi) is 52.5. The first-order chi connectivity index (χ1) is 34.0. The fraction of sp³-hybridized carbons (Fsp3) is 0.603. The Hall–Kier alpha value is -4.45. The van der Waals surface area contributed by atoms with Crippen molar-refractivity contribution in [1.29, 1.82) is 0 Å². The first-order valence-corrected chi connectivity index (χ1v) is 27.7. The summed E-state index contributed by atoms with van der Waals surface area (Å²) in [7, 11) is 0. The summed E-state index contributed by atoms with van der Waals surface area (Å²) < 4.78 is 16.8. The van der Waals surface area contributed by atoms with Crippen LogP contribution >= 0.6 is 0 Å². The van der Waals surface area contributed by atoms with Gasteiger partial charge in [-0.05, 0) is 128 Å². The topological polar surface area (TPSA) is 78.9 Å². The summed E-state index contributed by atoms with van der Waals surface area (Å²) in [4.78, 5) is 38.1. The lowest BCUT2D eigenvalue weighted by Gasteiger charge is -2.18. The number of carbonyl (C=O) groups excluding carboxylic acids is 3. The van der Waals surface area contributed by atoms with Crippen LogP contribution in [-0.2, 0) is 28.6 Å². The molecule has 0 N–H and O–H groups in total. The zero-order chi connectivity index (χ0) is 50.0. The fourth-order valence-corrected chi connectivity index (χ4v) is 7.03. The number of rotatable bonds is 48. The molecule has 0 amide bonds. The molecular weight excluding hydrogens is 853 g/mol. The number of allylic oxidation sites excluding steroid dienone is 22. The average Bonchev–Trinajstić information content (AvgIpc) is 3.35. The van der Waals surface area contributed by atoms with E-state index < -0.39 is 6.10 Å². The second-order valence-electron chi connectivity index (χ2n) is 17.7. The van der Waals surface area contributed by atoms with Crippen molar-refractivity contribution >= 4 is 17.9 Å². The molecule has 0 radical (unpaired) electrons. The maximum Gasteiger partial charge on any atom is 0.306 e. The van der Waals surface area contributed by atoms with Gasteiger partial charge in [-0.15, -0.1) is 0 Å². The molecule has 69 heavy (non-hydrogen) atoms. The predicted molar refractivity (Wildman–Crippen MR) is 297 cm³/mol. The summed E-state index contributed by atoms with van der Waals surface area (Å²) in [6.07, 6.45) is 78.7. The zero-order valence-electron chi connectivity index (χ0n) is 44.3. The first-order valence-electron chi connectivity index (χ1n) is 27.7. The number of ether oxygens (including phenoxy) is 3. The molecule has 1 unspecified atom stereocenters. The van der Waals surface area contributed by atoms with Gasteiger partial charge in [0.15, 0.2) is 6.10 Å². The Balaban J connectivity index is 4.55. The highest BCUT2D eigenvalue weighted by Crippen LogP contribution is 2.13. The van der Waals surface area contributed by atoms with E-state index in [4.69, 9.17) is 14.2 Å². The molecule has 0 heterocycles. The number of esters is 3. The highest BCUT2D eigenvalue weighted by Gasteiger charge is 2.19. The van der Waals surface area contributed by atoms with E-state index in [1.165, 1.54) is 38.5 Å². The van der Waals surface area contributed by atoms with E-state index >= 15 is 0 Å². The largest absolute Gasteiger partial charge is 0.462 e. The molecule has 0 saturated carbocycles. The zero-order valence-corrected chi connectivity index (χ0v) is 44.3. The van der Waals surface area contributed by atoms with Gasteiger partial charge in [0, 0.05) is 19.3 Å². The van der Waals surface area contributed by atoms with Gasteiger partial charge in [0.05, 0.1) is 0 Å². The summed E-state index contributed by atoms with van der Waals surface area (Å²) in [6, 6.07) is 0. The number of carbonyl (C=O) groups is 3. The van der Waals surface area contributed by atoms with E-state index in [2.05, 4.69) is 154 Å². The predicted octanol–water partition coefficient (Wildman–Crippen LogP) is 18.6. The van der Waals surface area contributed by atoms with Crippen molar-refractivity contribution in [3.63, 3.8) is 0 Å². The summed E-state index contributed by atoms with van der Waals surface area (Å²) >= 11 is 0. The Morgan fingerprint density at radius 2 is 0.580 bits per heavy atom. The van der Waals surface area contributed by atoms with Crippen molar-refractivity contribution in [3.05, 3.63) is 134 Å². The minimum atomic E-state index is -0.825. The van der Waals surface area contributed by atoms with Crippen molar-refractivity contribution in [1.82, 2.24) is 0 Å². The van der Waals surface area contributed by atoms with Gasteiger partial charge in [-0.3, -0.25) is 14.4 Å². The van der Waals surface area contributed by atoms with Crippen LogP contribution in [0.1, 0.15) is 226 Å². The van der Waals surface area contributed by atoms with Crippen LogP contribution in [0.3, 0.4) is 0 Å². The van der Waals surface area contributed by atoms with E-state index in [0.717, 1.165) is 141 Å². The van der Waals surface area contributed by atoms with Crippen molar-refractivity contribution < 1.29 is 28.6 Å². The summed E-state index contributed by atoms with van der Waals surface area (Å²) in [5.74, 6) is -1.01. The van der Waals surface area contributed by atoms with Crippen molar-refractivity contribution in [2.75, 3.05) is 13.2 Å². The van der Waals surface area contributed by atoms with Gasteiger partial charge in [-0.25, -0.2) is 0 Å². The second kappa shape index (κ2) is 56.1. The average molecular weight is 953 g/mol. The van der Waals surface area contributed by atoms with Gasteiger partial charge in [-0.2, -0.15) is 0 Å². The molecule has 0 aliphatic heterocycles. The van der Waals surface area contributed by atoms with Gasteiger partial charge in [0.1, 0.15) is 13.2 Å². The van der Waals surface area contributed by atoms with E-state index in [1.54, 1.807) is 0 Å². The number of hydrogen-bond acceptors (Lipinski definition) is 6. The van der Waals surface area contributed by atoms with Gasteiger partial charge in [-0.1, -0.05) is 212 Å². The standard InChI is InChI=1S/C63H100O6/c1-4-7-10-13-16-19-22-25-28-30-31-33-35-38-41-44-47-50-53-56-62(65)68-59-60(58-67-61(64)55-52-49-46-43-40-37-34-27-24-21-18-15-12-9-6-3)69-63(66)57-54-51-48-45-42-39-36-32-29-26-23-20-17-14-11-8-5-2/h7-8,10-11,16-21,25-29,31,33-34,36,39,45,48,60H,4-6,9,12-15,22-24,30,32,35,37-38,40-44,46-47,49-59H2,1-3H3/b10-7-,11-8-,19-16-,20-17-,21-18-,28-25-,29-26-,33-31-,34-27-,39-36-,48-45-. The van der Waals surface area contributed by atoms with Crippen LogP contribution in [0.2, 0.25) is 0 Å². The van der Waals surface area contributed by atoms with Gasteiger partial charge >= 0.3 is 17.9 Å². The maximum atomic E-state index is 12.8. The lowest BCUT2D eigenvalue weighted by atomic mass is 10.1. The highest BCUT2D eigenvalue weighted by atomic mass is 16.6. The van der Waals surface area contributed by atoms with Crippen LogP contribution in [-0.4, -0.2) is 37.2 Å². The summed E-state index contributed by atoms with van der Waals surface area (Å²) in [6.45, 7) is 6.30. The smallest absolute Gasteiger partial charge is 0.306 e. The third-order valence-corrected chi connectivity index (χ3v) is 11.1. The molecule has 388 valence electrons. The minimum Gasteiger partial charge on any atom is -0.462 e. The lowest BCUT2D eigenvalue weighted by molar-refractivity contribution is -0.167. The van der Waals surface area contributed by atoms with E-state index in [-0.39, 0.29) is 37.5 Å². The molecule has 0 aromatic heterocycles. The molecule has 0 aliphatic carbocycles. The quantitative estimate of drug-likeness (QED) is 0.0262. The van der Waals surface area contributed by atoms with Crippen LogP contribution in [0.25, 0.3) is 0 Å². The molecule has 0 aliphatic rings. The highest BCUT2D eigenvalue weighted by molar-refractivity contribution is 5.71. The molecule has 6 heteroatoms. The maximum absolute atomic E-state index is 12.8. The molecule has 0 aromatic carbocycles. The molecule has 0 rings (SSSR count). The van der Waals surface area contributed by atoms with Crippen molar-refractivity contribution in [2.24, 2.45) is 0 Å². The molecule has 6 nitrogen and oxygen atoms in total. The van der Waals surface area contributed by atoms with Gasteiger partial charge in [0.25, 0.3) is 0 Å². The molecule has 0 saturated heterocycles. The molecule has 1 atom stereocenters. The second-order valence-corrected chi connectivity index (χ2v) is 17.7. The minimum absolute atomic E-state index is 0.117. The van der Waals surface area contributed by atoms with E-state index in [1.807, 2.05) is 0 Å². The molecule has 0 bridgehead atoms. The Bertz CT molecular complexity index is 1510. The van der Waals surface area contributed by atoms with E-state index in [0.29, 0.717) is 19.3 Å². The fourth-order valence-electron chi connectivity index (χ4n) is 7.03. The van der Waals surface area contributed by atoms with Crippen molar-refractivity contribution in [3.8, 4) is 0 Å². The van der Waals surface area contributed by atoms with Crippen LogP contribution in [0.5, 0.6) is 0 Å². The van der Waals surface area contributed by atoms with Crippen molar-refractivity contribution in [2.45, 2.75) is 232 Å². The van der Waals surface area contributed by atoms with Crippen LogP contribution in [0.15, 0.2) is 134 Å². The molecule has 0 aromatic rings. The van der Waals surface area contributed by atoms with Crippen LogP contribution in [0.4, 0.5) is 0 Å². The third-order valence-electron chi connectivity index (χ3n) is 11.1. The van der Waals surface area contributed by atoms with E-state index in [9.17, 15) is 14.4 Å². The lowest BCUT2D eigenvalue weighted by Crippen LogP contribution is -2.30. The normalized spacial score (nSPS) is 13.1. The molecule has 0 spiro atoms. The van der Waals surface area contributed by atoms with Crippen LogP contribution < -0.4 is 0 Å². The summed E-state index contributed by atoms with van der Waals surface area (Å²) in [5.41, 5.74) is 0. The third kappa shape index (κ3) is 54.4. The Morgan fingerprint density at radius 3 is 0.928 bits per heavy atom. The van der Waals surface area contributed by atoms with Gasteiger partial charge < -0.3 is 14.2 Å². The first kappa shape index (κ1) is 64.5. The van der Waals surface area contributed by atoms with Gasteiger partial charge in [0.2, 0.25) is 0 Å². The summed E-state index contributed by atoms with van der Waals surface area (Å²) in [5, 5.41) is 0. The Labute approximate surface area is 424 Å². The SMILES string of the molecule is CC/C=C\C/C=C\C/C=C\C/C=C\C/C=C\CCCC(=O)OC(COC(=O)CCCCCCC/C=C\C/C=C\CCCCC)COC(=O)CCCCCCCC/C=C\C/C=C\C/C=C\C/C=C\CC. The number of hydrogen-bond donors (Lipinski definition) is 0. The molecular formula is C63H100O6.